The fraction of sp³-hybridized carbons (Fsp3) is 0.706. The number of likely N-dealkylation sites (N-methyl/N-ethyl adjacent to an activating group) is 1. The van der Waals surface area contributed by atoms with E-state index in [1.165, 1.54) is 0 Å². The van der Waals surface area contributed by atoms with Gasteiger partial charge in [0.05, 0.1) is 6.10 Å². The Morgan fingerprint density at radius 3 is 2.90 bits per heavy atom. The Bertz CT molecular complexity index is 405. The van der Waals surface area contributed by atoms with E-state index in [4.69, 9.17) is 0 Å². The van der Waals surface area contributed by atoms with Gasteiger partial charge in [0.15, 0.2) is 0 Å². The predicted octanol–water partition coefficient (Wildman–Crippen LogP) is 2.74. The highest BCUT2D eigenvalue weighted by atomic mass is 16.3. The van der Waals surface area contributed by atoms with Gasteiger partial charge in [0, 0.05) is 31.4 Å². The number of aliphatic hydroxyl groups excluding tert-OH is 1. The third-order valence-corrected chi connectivity index (χ3v) is 4.50. The van der Waals surface area contributed by atoms with E-state index < -0.39 is 0 Å². The number of rotatable bonds is 5. The Morgan fingerprint density at radius 1 is 1.40 bits per heavy atom. The van der Waals surface area contributed by atoms with Crippen LogP contribution < -0.4 is 0 Å². The molecular formula is C17H28N2O. The van der Waals surface area contributed by atoms with Crippen LogP contribution in [-0.4, -0.2) is 41.2 Å². The molecule has 0 bridgehead atoms. The summed E-state index contributed by atoms with van der Waals surface area (Å²) < 4.78 is 0. The average molecular weight is 276 g/mol. The van der Waals surface area contributed by atoms with Gasteiger partial charge in [-0.2, -0.15) is 0 Å². The quantitative estimate of drug-likeness (QED) is 0.898. The number of hydrogen-bond acceptors (Lipinski definition) is 3. The van der Waals surface area contributed by atoms with Crippen LogP contribution in [0.2, 0.25) is 0 Å². The van der Waals surface area contributed by atoms with Gasteiger partial charge in [-0.3, -0.25) is 4.98 Å². The van der Waals surface area contributed by atoms with Crippen LogP contribution in [0, 0.1) is 11.3 Å². The lowest BCUT2D eigenvalue weighted by atomic mass is 9.71. The molecule has 3 nitrogen and oxygen atoms in total. The maximum Gasteiger partial charge on any atom is 0.0581 e. The SMILES string of the molecule is CN(CCc1ccccn1)CC1CC(C)(C)CCC1O. The van der Waals surface area contributed by atoms with Crippen LogP contribution in [0.15, 0.2) is 24.4 Å². The lowest BCUT2D eigenvalue weighted by Crippen LogP contribution is -2.40. The molecule has 1 heterocycles. The van der Waals surface area contributed by atoms with Gasteiger partial charge < -0.3 is 10.0 Å². The second-order valence-corrected chi connectivity index (χ2v) is 7.07. The van der Waals surface area contributed by atoms with Crippen molar-refractivity contribution in [1.29, 1.82) is 0 Å². The lowest BCUT2D eigenvalue weighted by Gasteiger charge is -2.40. The van der Waals surface area contributed by atoms with E-state index in [9.17, 15) is 5.11 Å². The van der Waals surface area contributed by atoms with E-state index >= 15 is 0 Å². The molecule has 1 aromatic rings. The maximum atomic E-state index is 10.2. The van der Waals surface area contributed by atoms with E-state index in [2.05, 4.69) is 36.8 Å². The summed E-state index contributed by atoms with van der Waals surface area (Å²) in [5, 5.41) is 10.2. The molecule has 0 aliphatic heterocycles. The van der Waals surface area contributed by atoms with E-state index in [0.717, 1.165) is 44.5 Å². The van der Waals surface area contributed by atoms with Crippen molar-refractivity contribution >= 4 is 0 Å². The van der Waals surface area contributed by atoms with Gasteiger partial charge in [0.25, 0.3) is 0 Å². The van der Waals surface area contributed by atoms with Gasteiger partial charge in [-0.05, 0) is 49.8 Å². The molecule has 0 saturated heterocycles. The molecule has 2 rings (SSSR count). The van der Waals surface area contributed by atoms with Crippen molar-refractivity contribution in [2.24, 2.45) is 11.3 Å². The van der Waals surface area contributed by atoms with Gasteiger partial charge in [-0.1, -0.05) is 19.9 Å². The third-order valence-electron chi connectivity index (χ3n) is 4.50. The molecule has 2 atom stereocenters. The van der Waals surface area contributed by atoms with E-state index in [-0.39, 0.29) is 6.10 Å². The zero-order valence-corrected chi connectivity index (χ0v) is 13.0. The summed E-state index contributed by atoms with van der Waals surface area (Å²) >= 11 is 0. The van der Waals surface area contributed by atoms with E-state index in [1.807, 2.05) is 18.3 Å². The Labute approximate surface area is 123 Å². The van der Waals surface area contributed by atoms with Gasteiger partial charge in [-0.25, -0.2) is 0 Å². The molecule has 20 heavy (non-hydrogen) atoms. The second kappa shape index (κ2) is 6.68. The summed E-state index contributed by atoms with van der Waals surface area (Å²) in [5.41, 5.74) is 1.52. The van der Waals surface area contributed by atoms with Crippen molar-refractivity contribution in [1.82, 2.24) is 9.88 Å². The minimum Gasteiger partial charge on any atom is -0.393 e. The van der Waals surface area contributed by atoms with Crippen LogP contribution >= 0.6 is 0 Å². The maximum absolute atomic E-state index is 10.2. The van der Waals surface area contributed by atoms with Crippen LogP contribution in [-0.2, 0) is 6.42 Å². The predicted molar refractivity (Wildman–Crippen MR) is 82.6 cm³/mol. The third kappa shape index (κ3) is 4.57. The molecule has 1 N–H and O–H groups in total. The zero-order valence-electron chi connectivity index (χ0n) is 13.0. The average Bonchev–Trinajstić information content (AvgIpc) is 2.42. The number of nitrogens with zero attached hydrogens (tertiary/aromatic N) is 2. The summed E-state index contributed by atoms with van der Waals surface area (Å²) in [5.74, 6) is 0.410. The van der Waals surface area contributed by atoms with Crippen LogP contribution in [0.5, 0.6) is 0 Å². The molecule has 0 radical (unpaired) electrons. The van der Waals surface area contributed by atoms with Gasteiger partial charge in [0.1, 0.15) is 0 Å². The highest BCUT2D eigenvalue weighted by Gasteiger charge is 2.34. The van der Waals surface area contributed by atoms with Crippen LogP contribution in [0.1, 0.15) is 38.8 Å². The number of hydrogen-bond donors (Lipinski definition) is 1. The molecule has 0 aromatic carbocycles. The molecule has 0 spiro atoms. The Kier molecular flexibility index (Phi) is 5.17. The van der Waals surface area contributed by atoms with Crippen molar-refractivity contribution in [2.75, 3.05) is 20.1 Å². The molecule has 1 fully saturated rings. The van der Waals surface area contributed by atoms with E-state index in [1.54, 1.807) is 0 Å². The lowest BCUT2D eigenvalue weighted by molar-refractivity contribution is 0.00782. The molecule has 1 aromatic heterocycles. The Morgan fingerprint density at radius 2 is 2.20 bits per heavy atom. The van der Waals surface area contributed by atoms with Gasteiger partial charge >= 0.3 is 0 Å². The summed E-state index contributed by atoms with van der Waals surface area (Å²) in [6, 6.07) is 6.07. The molecule has 112 valence electrons. The normalized spacial score (nSPS) is 25.9. The van der Waals surface area contributed by atoms with E-state index in [0.29, 0.717) is 11.3 Å². The first-order valence-corrected chi connectivity index (χ1v) is 7.73. The fourth-order valence-corrected chi connectivity index (χ4v) is 3.25. The first kappa shape index (κ1) is 15.5. The summed E-state index contributed by atoms with van der Waals surface area (Å²) in [4.78, 5) is 6.70. The minimum atomic E-state index is -0.125. The van der Waals surface area contributed by atoms with Crippen LogP contribution in [0.4, 0.5) is 0 Å². The minimum absolute atomic E-state index is 0.125. The summed E-state index contributed by atoms with van der Waals surface area (Å²) in [7, 11) is 2.15. The highest BCUT2D eigenvalue weighted by Crippen LogP contribution is 2.38. The highest BCUT2D eigenvalue weighted by molar-refractivity contribution is 5.03. The van der Waals surface area contributed by atoms with Crippen LogP contribution in [0.25, 0.3) is 0 Å². The molecule has 2 unspecified atom stereocenters. The van der Waals surface area contributed by atoms with Crippen molar-refractivity contribution in [3.63, 3.8) is 0 Å². The molecule has 3 heteroatoms. The molecule has 0 amide bonds. The molecule has 1 aliphatic carbocycles. The number of aromatic nitrogens is 1. The largest absolute Gasteiger partial charge is 0.393 e. The molecule has 1 saturated carbocycles. The molecule has 1 aliphatic rings. The number of aliphatic hydroxyl groups is 1. The Balaban J connectivity index is 1.80. The zero-order chi connectivity index (χ0) is 14.6. The van der Waals surface area contributed by atoms with Crippen molar-refractivity contribution < 1.29 is 5.11 Å². The topological polar surface area (TPSA) is 36.4 Å². The van der Waals surface area contributed by atoms with Crippen molar-refractivity contribution in [3.05, 3.63) is 30.1 Å². The van der Waals surface area contributed by atoms with Crippen LogP contribution in [0.3, 0.4) is 0 Å². The van der Waals surface area contributed by atoms with Gasteiger partial charge in [-0.15, -0.1) is 0 Å². The van der Waals surface area contributed by atoms with Crippen molar-refractivity contribution in [3.8, 4) is 0 Å². The fourth-order valence-electron chi connectivity index (χ4n) is 3.25. The summed E-state index contributed by atoms with van der Waals surface area (Å²) in [6.45, 7) is 6.62. The smallest absolute Gasteiger partial charge is 0.0581 e. The first-order valence-electron chi connectivity index (χ1n) is 7.73. The first-order chi connectivity index (χ1) is 9.46. The summed E-state index contributed by atoms with van der Waals surface area (Å²) in [6.07, 6.45) is 5.92. The Hall–Kier alpha value is -0.930. The molecular weight excluding hydrogens is 248 g/mol. The standard InChI is InChI=1S/C17H28N2O/c1-17(2)9-7-16(20)14(12-17)13-19(3)11-8-15-6-4-5-10-18-15/h4-6,10,14,16,20H,7-9,11-13H2,1-3H3. The van der Waals surface area contributed by atoms with Gasteiger partial charge in [0.2, 0.25) is 0 Å². The second-order valence-electron chi connectivity index (χ2n) is 7.07. The number of pyridine rings is 1. The monoisotopic (exact) mass is 276 g/mol. The van der Waals surface area contributed by atoms with Crippen molar-refractivity contribution in [2.45, 2.75) is 45.6 Å².